The number of nitrogens with zero attached hydrogens (tertiary/aromatic N) is 2. The van der Waals surface area contributed by atoms with Crippen LogP contribution in [0.5, 0.6) is 0 Å². The van der Waals surface area contributed by atoms with Gasteiger partial charge in [0, 0.05) is 18.8 Å². The standard InChI is InChI=1S/C15H25N3/c1-12(16)14(13-7-4-5-9-17-13)18-10-6-8-15(2,3)11-18/h4-5,7,9,12,14H,6,8,10-11,16H2,1-3H3. The molecule has 1 fully saturated rings. The summed E-state index contributed by atoms with van der Waals surface area (Å²) in [7, 11) is 0. The highest BCUT2D eigenvalue weighted by molar-refractivity contribution is 5.11. The van der Waals surface area contributed by atoms with Gasteiger partial charge in [-0.25, -0.2) is 0 Å². The van der Waals surface area contributed by atoms with Crippen molar-refractivity contribution < 1.29 is 0 Å². The lowest BCUT2D eigenvalue weighted by Crippen LogP contribution is -2.47. The van der Waals surface area contributed by atoms with Gasteiger partial charge in [0.2, 0.25) is 0 Å². The summed E-state index contributed by atoms with van der Waals surface area (Å²) in [6.45, 7) is 9.01. The molecule has 3 heteroatoms. The summed E-state index contributed by atoms with van der Waals surface area (Å²) in [5.41, 5.74) is 7.70. The van der Waals surface area contributed by atoms with Crippen LogP contribution in [0, 0.1) is 5.41 Å². The van der Waals surface area contributed by atoms with Crippen molar-refractivity contribution in [3.63, 3.8) is 0 Å². The average molecular weight is 247 g/mol. The van der Waals surface area contributed by atoms with Crippen molar-refractivity contribution in [2.75, 3.05) is 13.1 Å². The van der Waals surface area contributed by atoms with Gasteiger partial charge in [-0.2, -0.15) is 0 Å². The first-order valence-electron chi connectivity index (χ1n) is 6.90. The molecule has 2 rings (SSSR count). The van der Waals surface area contributed by atoms with E-state index in [9.17, 15) is 0 Å². The van der Waals surface area contributed by atoms with Crippen molar-refractivity contribution in [2.24, 2.45) is 11.1 Å². The highest BCUT2D eigenvalue weighted by Gasteiger charge is 2.33. The van der Waals surface area contributed by atoms with Crippen LogP contribution in [0.25, 0.3) is 0 Å². The molecule has 100 valence electrons. The Hall–Kier alpha value is -0.930. The van der Waals surface area contributed by atoms with E-state index in [4.69, 9.17) is 5.73 Å². The third kappa shape index (κ3) is 3.09. The van der Waals surface area contributed by atoms with Crippen molar-refractivity contribution in [1.82, 2.24) is 9.88 Å². The van der Waals surface area contributed by atoms with Gasteiger partial charge in [0.25, 0.3) is 0 Å². The van der Waals surface area contributed by atoms with Crippen molar-refractivity contribution in [1.29, 1.82) is 0 Å². The maximum absolute atomic E-state index is 6.21. The minimum absolute atomic E-state index is 0.105. The Labute approximate surface area is 110 Å². The largest absolute Gasteiger partial charge is 0.326 e. The van der Waals surface area contributed by atoms with Crippen molar-refractivity contribution in [3.05, 3.63) is 30.1 Å². The Morgan fingerprint density at radius 3 is 2.72 bits per heavy atom. The summed E-state index contributed by atoms with van der Waals surface area (Å²) in [5.74, 6) is 0. The Kier molecular flexibility index (Phi) is 4.03. The third-order valence-corrected chi connectivity index (χ3v) is 3.81. The molecule has 3 nitrogen and oxygen atoms in total. The van der Waals surface area contributed by atoms with Crippen LogP contribution in [-0.2, 0) is 0 Å². The second-order valence-electron chi connectivity index (χ2n) is 6.30. The monoisotopic (exact) mass is 247 g/mol. The van der Waals surface area contributed by atoms with E-state index in [0.717, 1.165) is 18.8 Å². The van der Waals surface area contributed by atoms with E-state index in [1.54, 1.807) is 0 Å². The second kappa shape index (κ2) is 5.37. The smallest absolute Gasteiger partial charge is 0.0671 e. The number of rotatable bonds is 3. The van der Waals surface area contributed by atoms with Crippen LogP contribution in [0.4, 0.5) is 0 Å². The van der Waals surface area contributed by atoms with Gasteiger partial charge in [0.05, 0.1) is 11.7 Å². The number of hydrogen-bond donors (Lipinski definition) is 1. The van der Waals surface area contributed by atoms with E-state index in [1.807, 2.05) is 18.3 Å². The Morgan fingerprint density at radius 1 is 1.39 bits per heavy atom. The van der Waals surface area contributed by atoms with Crippen LogP contribution in [0.1, 0.15) is 45.3 Å². The molecule has 2 N–H and O–H groups in total. The molecule has 1 saturated heterocycles. The van der Waals surface area contributed by atoms with Crippen molar-refractivity contribution in [3.8, 4) is 0 Å². The van der Waals surface area contributed by atoms with Gasteiger partial charge in [-0.15, -0.1) is 0 Å². The van der Waals surface area contributed by atoms with Gasteiger partial charge in [-0.1, -0.05) is 19.9 Å². The first-order chi connectivity index (χ1) is 8.49. The molecule has 2 heterocycles. The van der Waals surface area contributed by atoms with Gasteiger partial charge in [-0.3, -0.25) is 9.88 Å². The van der Waals surface area contributed by atoms with Crippen molar-refractivity contribution >= 4 is 0 Å². The van der Waals surface area contributed by atoms with Crippen LogP contribution < -0.4 is 5.73 Å². The second-order valence-corrected chi connectivity index (χ2v) is 6.30. The summed E-state index contributed by atoms with van der Waals surface area (Å²) >= 11 is 0. The lowest BCUT2D eigenvalue weighted by atomic mass is 9.83. The van der Waals surface area contributed by atoms with Gasteiger partial charge in [-0.05, 0) is 43.9 Å². The number of likely N-dealkylation sites (tertiary alicyclic amines) is 1. The number of piperidine rings is 1. The molecular weight excluding hydrogens is 222 g/mol. The predicted molar refractivity (Wildman–Crippen MR) is 75.2 cm³/mol. The number of pyridine rings is 1. The Bertz CT molecular complexity index is 373. The average Bonchev–Trinajstić information content (AvgIpc) is 2.28. The van der Waals surface area contributed by atoms with E-state index in [-0.39, 0.29) is 12.1 Å². The van der Waals surface area contributed by atoms with Gasteiger partial charge in [0.15, 0.2) is 0 Å². The lowest BCUT2D eigenvalue weighted by Gasteiger charge is -2.43. The fourth-order valence-corrected chi connectivity index (χ4v) is 3.05. The SMILES string of the molecule is CC(N)C(c1ccccn1)N1CCCC(C)(C)C1. The van der Waals surface area contributed by atoms with Crippen LogP contribution in [0.2, 0.25) is 0 Å². The molecule has 0 radical (unpaired) electrons. The topological polar surface area (TPSA) is 42.1 Å². The first kappa shape index (κ1) is 13.5. The summed E-state index contributed by atoms with van der Waals surface area (Å²) in [5, 5.41) is 0. The zero-order valence-corrected chi connectivity index (χ0v) is 11.8. The molecule has 0 bridgehead atoms. The van der Waals surface area contributed by atoms with Gasteiger partial charge < -0.3 is 5.73 Å². The van der Waals surface area contributed by atoms with Gasteiger partial charge >= 0.3 is 0 Å². The van der Waals surface area contributed by atoms with E-state index >= 15 is 0 Å². The van der Waals surface area contributed by atoms with Crippen LogP contribution in [-0.4, -0.2) is 29.0 Å². The third-order valence-electron chi connectivity index (χ3n) is 3.81. The van der Waals surface area contributed by atoms with Gasteiger partial charge in [0.1, 0.15) is 0 Å². The zero-order valence-electron chi connectivity index (χ0n) is 11.8. The summed E-state index contributed by atoms with van der Waals surface area (Å²) in [6, 6.07) is 6.45. The van der Waals surface area contributed by atoms with E-state index in [1.165, 1.54) is 12.8 Å². The fourth-order valence-electron chi connectivity index (χ4n) is 3.05. The normalized spacial score (nSPS) is 23.6. The molecular formula is C15H25N3. The number of aromatic nitrogens is 1. The lowest BCUT2D eigenvalue weighted by molar-refractivity contribution is 0.0671. The molecule has 2 atom stereocenters. The maximum Gasteiger partial charge on any atom is 0.0671 e. The van der Waals surface area contributed by atoms with E-state index in [0.29, 0.717) is 5.41 Å². The molecule has 18 heavy (non-hydrogen) atoms. The minimum Gasteiger partial charge on any atom is -0.326 e. The summed E-state index contributed by atoms with van der Waals surface area (Å²) < 4.78 is 0. The molecule has 0 aromatic carbocycles. The molecule has 1 aromatic heterocycles. The molecule has 0 spiro atoms. The molecule has 1 aliphatic rings. The Morgan fingerprint density at radius 2 is 2.17 bits per heavy atom. The Balaban J connectivity index is 2.21. The van der Waals surface area contributed by atoms with E-state index < -0.39 is 0 Å². The van der Waals surface area contributed by atoms with Crippen LogP contribution in [0.15, 0.2) is 24.4 Å². The summed E-state index contributed by atoms with van der Waals surface area (Å²) in [4.78, 5) is 7.01. The highest BCUT2D eigenvalue weighted by Crippen LogP contribution is 2.34. The molecule has 1 aromatic rings. The fraction of sp³-hybridized carbons (Fsp3) is 0.667. The van der Waals surface area contributed by atoms with Crippen LogP contribution >= 0.6 is 0 Å². The molecule has 0 saturated carbocycles. The maximum atomic E-state index is 6.21. The molecule has 0 aliphatic carbocycles. The number of nitrogens with two attached hydrogens (primary N) is 1. The van der Waals surface area contributed by atoms with Crippen LogP contribution in [0.3, 0.4) is 0 Å². The van der Waals surface area contributed by atoms with E-state index in [2.05, 4.69) is 36.7 Å². The quantitative estimate of drug-likeness (QED) is 0.892. The molecule has 1 aliphatic heterocycles. The first-order valence-corrected chi connectivity index (χ1v) is 6.90. The highest BCUT2D eigenvalue weighted by atomic mass is 15.2. The predicted octanol–water partition coefficient (Wildman–Crippen LogP) is 2.59. The minimum atomic E-state index is 0.105. The van der Waals surface area contributed by atoms with Crippen molar-refractivity contribution in [2.45, 2.75) is 45.7 Å². The molecule has 2 unspecified atom stereocenters. The number of hydrogen-bond acceptors (Lipinski definition) is 3. The summed E-state index contributed by atoms with van der Waals surface area (Å²) in [6.07, 6.45) is 4.42. The molecule has 0 amide bonds. The zero-order chi connectivity index (χ0) is 13.2.